The molecule has 3 aromatic heterocycles. The van der Waals surface area contributed by atoms with Crippen LogP contribution in [0.3, 0.4) is 0 Å². The van der Waals surface area contributed by atoms with Gasteiger partial charge in [-0.1, -0.05) is 22.5 Å². The molecule has 1 aliphatic heterocycles. The minimum Gasteiger partial charge on any atom is -0.497 e. The summed E-state index contributed by atoms with van der Waals surface area (Å²) in [6.45, 7) is 2.99. The molecule has 1 unspecified atom stereocenters. The summed E-state index contributed by atoms with van der Waals surface area (Å²) in [6, 6.07) is 11.8. The molecule has 142 valence electrons. The summed E-state index contributed by atoms with van der Waals surface area (Å²) in [5.41, 5.74) is 2.51. The van der Waals surface area contributed by atoms with Crippen LogP contribution in [0.15, 0.2) is 40.9 Å². The average Bonchev–Trinajstić information content (AvgIpc) is 3.46. The van der Waals surface area contributed by atoms with Gasteiger partial charge in [0.25, 0.3) is 5.89 Å². The molecule has 0 saturated heterocycles. The van der Waals surface area contributed by atoms with Crippen molar-refractivity contribution in [3.63, 3.8) is 0 Å². The minimum absolute atomic E-state index is 0.0946. The number of nitrogens with zero attached hydrogens (tertiary/aromatic N) is 5. The Bertz CT molecular complexity index is 1120. The van der Waals surface area contributed by atoms with E-state index in [1.807, 2.05) is 48.0 Å². The highest BCUT2D eigenvalue weighted by Crippen LogP contribution is 2.32. The molecule has 1 aliphatic rings. The van der Waals surface area contributed by atoms with Gasteiger partial charge in [0.2, 0.25) is 5.82 Å². The van der Waals surface area contributed by atoms with Crippen LogP contribution in [-0.4, -0.2) is 32.2 Å². The fraction of sp³-hybridized carbons (Fsp3) is 0.263. The summed E-state index contributed by atoms with van der Waals surface area (Å²) in [5.74, 6) is 1.73. The molecule has 0 aliphatic carbocycles. The maximum atomic E-state index is 6.05. The van der Waals surface area contributed by atoms with Crippen LogP contribution in [0.1, 0.15) is 22.2 Å². The third kappa shape index (κ3) is 2.98. The first-order valence-electron chi connectivity index (χ1n) is 8.80. The number of rotatable bonds is 4. The second kappa shape index (κ2) is 6.84. The summed E-state index contributed by atoms with van der Waals surface area (Å²) < 4.78 is 18.5. The Labute approximate surface area is 164 Å². The van der Waals surface area contributed by atoms with Crippen LogP contribution < -0.4 is 4.74 Å². The smallest absolute Gasteiger partial charge is 0.268 e. The van der Waals surface area contributed by atoms with Gasteiger partial charge in [-0.3, -0.25) is 0 Å². The molecule has 1 atom stereocenters. The molecule has 8 nitrogen and oxygen atoms in total. The fourth-order valence-corrected chi connectivity index (χ4v) is 3.96. The highest BCUT2D eigenvalue weighted by atomic mass is 32.1. The molecule has 5 rings (SSSR count). The van der Waals surface area contributed by atoms with Crippen molar-refractivity contribution in [3.8, 4) is 28.0 Å². The second-order valence-electron chi connectivity index (χ2n) is 6.47. The van der Waals surface area contributed by atoms with Gasteiger partial charge < -0.3 is 14.0 Å². The van der Waals surface area contributed by atoms with E-state index >= 15 is 0 Å². The molecular formula is C19H17N5O3S. The lowest BCUT2D eigenvalue weighted by Gasteiger charge is -2.24. The van der Waals surface area contributed by atoms with Crippen LogP contribution >= 0.6 is 11.3 Å². The van der Waals surface area contributed by atoms with Gasteiger partial charge in [0, 0.05) is 4.88 Å². The van der Waals surface area contributed by atoms with Crippen molar-refractivity contribution in [1.29, 1.82) is 0 Å². The van der Waals surface area contributed by atoms with Gasteiger partial charge in [0.05, 0.1) is 30.8 Å². The lowest BCUT2D eigenvalue weighted by atomic mass is 10.1. The van der Waals surface area contributed by atoms with E-state index in [0.717, 1.165) is 21.9 Å². The summed E-state index contributed by atoms with van der Waals surface area (Å²) in [5, 5.41) is 12.6. The number of aryl methyl sites for hydroxylation is 1. The van der Waals surface area contributed by atoms with E-state index in [9.17, 15) is 0 Å². The van der Waals surface area contributed by atoms with Gasteiger partial charge in [0.15, 0.2) is 5.69 Å². The molecule has 0 bridgehead atoms. The predicted molar refractivity (Wildman–Crippen MR) is 102 cm³/mol. The first-order valence-corrected chi connectivity index (χ1v) is 9.61. The van der Waals surface area contributed by atoms with Crippen LogP contribution in [0.4, 0.5) is 0 Å². The van der Waals surface area contributed by atoms with E-state index in [1.54, 1.807) is 18.4 Å². The number of benzene rings is 1. The number of methoxy groups -OCH3 is 1. The number of fused-ring (bicyclic) bond motifs is 1. The van der Waals surface area contributed by atoms with Gasteiger partial charge in [-0.05, 0) is 36.8 Å². The third-order valence-electron chi connectivity index (χ3n) is 4.67. The Morgan fingerprint density at radius 3 is 2.79 bits per heavy atom. The molecular weight excluding hydrogens is 378 g/mol. The maximum absolute atomic E-state index is 6.05. The zero-order valence-electron chi connectivity index (χ0n) is 15.3. The van der Waals surface area contributed by atoms with Crippen molar-refractivity contribution < 1.29 is 14.0 Å². The first kappa shape index (κ1) is 17.1. The van der Waals surface area contributed by atoms with E-state index in [0.29, 0.717) is 30.6 Å². The molecule has 4 heterocycles. The highest BCUT2D eigenvalue weighted by molar-refractivity contribution is 7.15. The number of hydrogen-bond donors (Lipinski definition) is 0. The zero-order valence-corrected chi connectivity index (χ0v) is 16.1. The van der Waals surface area contributed by atoms with Crippen LogP contribution in [0.5, 0.6) is 5.75 Å². The van der Waals surface area contributed by atoms with E-state index in [1.165, 1.54) is 4.88 Å². The van der Waals surface area contributed by atoms with Crippen molar-refractivity contribution in [2.24, 2.45) is 0 Å². The number of thiophene rings is 1. The van der Waals surface area contributed by atoms with Gasteiger partial charge >= 0.3 is 0 Å². The Kier molecular flexibility index (Phi) is 4.18. The fourth-order valence-electron chi connectivity index (χ4n) is 3.17. The van der Waals surface area contributed by atoms with Crippen molar-refractivity contribution >= 4 is 11.3 Å². The number of ether oxygens (including phenoxy) is 2. The van der Waals surface area contributed by atoms with Gasteiger partial charge in [-0.25, -0.2) is 4.68 Å². The van der Waals surface area contributed by atoms with Crippen molar-refractivity contribution in [2.75, 3.05) is 7.11 Å². The van der Waals surface area contributed by atoms with Gasteiger partial charge in [0.1, 0.15) is 11.9 Å². The molecule has 0 radical (unpaired) electrons. The largest absolute Gasteiger partial charge is 0.497 e. The van der Waals surface area contributed by atoms with E-state index in [4.69, 9.17) is 14.0 Å². The Hall–Kier alpha value is -3.04. The molecule has 0 fully saturated rings. The average molecular weight is 395 g/mol. The Balaban J connectivity index is 1.39. The van der Waals surface area contributed by atoms with Crippen LogP contribution in [0.2, 0.25) is 0 Å². The summed E-state index contributed by atoms with van der Waals surface area (Å²) in [6.07, 6.45) is -0.0946. The molecule has 0 N–H and O–H groups in total. The zero-order chi connectivity index (χ0) is 19.1. The SMILES string of the molecule is COc1ccc(C2Cn3nnc(-c4noc(-c5ccc(C)s5)n4)c3CO2)cc1. The minimum atomic E-state index is -0.0946. The molecule has 0 saturated carbocycles. The van der Waals surface area contributed by atoms with E-state index in [2.05, 4.69) is 20.5 Å². The summed E-state index contributed by atoms with van der Waals surface area (Å²) >= 11 is 1.61. The lowest BCUT2D eigenvalue weighted by molar-refractivity contribution is -0.00114. The van der Waals surface area contributed by atoms with Crippen LogP contribution in [-0.2, 0) is 17.9 Å². The molecule has 0 spiro atoms. The summed E-state index contributed by atoms with van der Waals surface area (Å²) in [7, 11) is 1.65. The Morgan fingerprint density at radius 2 is 2.04 bits per heavy atom. The van der Waals surface area contributed by atoms with Crippen molar-refractivity contribution in [3.05, 3.63) is 52.5 Å². The molecule has 9 heteroatoms. The molecule has 0 amide bonds. The second-order valence-corrected chi connectivity index (χ2v) is 7.76. The predicted octanol–water partition coefficient (Wildman–Crippen LogP) is 3.65. The topological polar surface area (TPSA) is 88.1 Å². The Morgan fingerprint density at radius 1 is 1.18 bits per heavy atom. The highest BCUT2D eigenvalue weighted by Gasteiger charge is 2.27. The standard InChI is InChI=1S/C19H17N5O3S/c1-11-3-8-16(28-11)19-20-18(22-27-19)17-14-10-26-15(9-24(14)23-21-17)12-4-6-13(25-2)7-5-12/h3-8,15H,9-10H2,1-2H3. The monoisotopic (exact) mass is 395 g/mol. The number of hydrogen-bond acceptors (Lipinski definition) is 8. The van der Waals surface area contributed by atoms with Crippen LogP contribution in [0.25, 0.3) is 22.3 Å². The quantitative estimate of drug-likeness (QED) is 0.521. The number of aromatic nitrogens is 5. The molecule has 28 heavy (non-hydrogen) atoms. The van der Waals surface area contributed by atoms with E-state index < -0.39 is 0 Å². The molecule has 4 aromatic rings. The van der Waals surface area contributed by atoms with Gasteiger partial charge in [-0.2, -0.15) is 4.98 Å². The molecule has 1 aromatic carbocycles. The lowest BCUT2D eigenvalue weighted by Crippen LogP contribution is -2.22. The van der Waals surface area contributed by atoms with Crippen molar-refractivity contribution in [2.45, 2.75) is 26.2 Å². The maximum Gasteiger partial charge on any atom is 0.268 e. The van der Waals surface area contributed by atoms with Crippen molar-refractivity contribution in [1.82, 2.24) is 25.1 Å². The van der Waals surface area contributed by atoms with Crippen LogP contribution in [0, 0.1) is 6.92 Å². The summed E-state index contributed by atoms with van der Waals surface area (Å²) in [4.78, 5) is 6.61. The third-order valence-corrected chi connectivity index (χ3v) is 5.66. The normalized spacial score (nSPS) is 16.1. The van der Waals surface area contributed by atoms with E-state index in [-0.39, 0.29) is 6.10 Å². The first-order chi connectivity index (χ1) is 13.7. The van der Waals surface area contributed by atoms with Gasteiger partial charge in [-0.15, -0.1) is 16.4 Å².